The van der Waals surface area contributed by atoms with Gasteiger partial charge in [0.25, 0.3) is 3.79 Å². The summed E-state index contributed by atoms with van der Waals surface area (Å²) in [6, 6.07) is 13.2. The molecule has 0 saturated carbocycles. The third kappa shape index (κ3) is 3.14. The van der Waals surface area contributed by atoms with Crippen LogP contribution in [0.5, 0.6) is 0 Å². The first-order valence-electron chi connectivity index (χ1n) is 5.74. The second-order valence-corrected chi connectivity index (χ2v) is 6.50. The molecule has 0 unspecified atom stereocenters. The SMILES string of the molecule is C[C@H](c1ccccc1)n1cccc1C(=O)C(Cl)(Cl)Cl. The Kier molecular flexibility index (Phi) is 4.24. The molecule has 1 aromatic carbocycles. The van der Waals surface area contributed by atoms with Gasteiger partial charge in [0.05, 0.1) is 11.7 Å². The van der Waals surface area contributed by atoms with Crippen LogP contribution in [0.1, 0.15) is 29.0 Å². The van der Waals surface area contributed by atoms with Gasteiger partial charge in [0.2, 0.25) is 5.78 Å². The molecule has 5 heteroatoms. The molecule has 0 amide bonds. The first-order valence-corrected chi connectivity index (χ1v) is 6.88. The summed E-state index contributed by atoms with van der Waals surface area (Å²) in [5, 5.41) is 0. The molecule has 0 aliphatic heterocycles. The fraction of sp³-hybridized carbons (Fsp3) is 0.214. The van der Waals surface area contributed by atoms with Gasteiger partial charge in [-0.2, -0.15) is 0 Å². The maximum Gasteiger partial charge on any atom is 0.255 e. The molecule has 0 spiro atoms. The lowest BCUT2D eigenvalue weighted by Crippen LogP contribution is -2.23. The zero-order chi connectivity index (χ0) is 14.0. The first kappa shape index (κ1) is 14.4. The number of ketones is 1. The number of benzene rings is 1. The van der Waals surface area contributed by atoms with Crippen LogP contribution in [-0.2, 0) is 0 Å². The number of rotatable bonds is 3. The van der Waals surface area contributed by atoms with Crippen LogP contribution in [0.2, 0.25) is 0 Å². The summed E-state index contributed by atoms with van der Waals surface area (Å²) in [6.07, 6.45) is 1.81. The van der Waals surface area contributed by atoms with E-state index in [1.807, 2.05) is 37.3 Å². The van der Waals surface area contributed by atoms with E-state index in [2.05, 4.69) is 0 Å². The lowest BCUT2D eigenvalue weighted by Gasteiger charge is -2.19. The van der Waals surface area contributed by atoms with Crippen LogP contribution in [0.15, 0.2) is 48.7 Å². The first-order chi connectivity index (χ1) is 8.91. The molecule has 2 aromatic rings. The van der Waals surface area contributed by atoms with Crippen molar-refractivity contribution in [3.63, 3.8) is 0 Å². The molecule has 0 N–H and O–H groups in total. The fourth-order valence-corrected chi connectivity index (χ4v) is 2.25. The van der Waals surface area contributed by atoms with Crippen LogP contribution in [-0.4, -0.2) is 14.1 Å². The van der Waals surface area contributed by atoms with Gasteiger partial charge in [-0.15, -0.1) is 0 Å². The van der Waals surface area contributed by atoms with Gasteiger partial charge in [-0.1, -0.05) is 65.1 Å². The van der Waals surface area contributed by atoms with E-state index in [1.54, 1.807) is 22.9 Å². The number of halogens is 3. The lowest BCUT2D eigenvalue weighted by molar-refractivity contribution is 0.0986. The van der Waals surface area contributed by atoms with Gasteiger partial charge in [-0.05, 0) is 24.6 Å². The van der Waals surface area contributed by atoms with E-state index in [9.17, 15) is 4.79 Å². The Morgan fingerprint density at radius 1 is 1.11 bits per heavy atom. The predicted octanol–water partition coefficient (Wildman–Crippen LogP) is 4.65. The van der Waals surface area contributed by atoms with Crippen LogP contribution in [0, 0.1) is 0 Å². The average Bonchev–Trinajstić information content (AvgIpc) is 2.85. The molecule has 19 heavy (non-hydrogen) atoms. The molecular formula is C14H12Cl3NO. The zero-order valence-corrected chi connectivity index (χ0v) is 12.5. The largest absolute Gasteiger partial charge is 0.338 e. The third-order valence-corrected chi connectivity index (χ3v) is 3.48. The van der Waals surface area contributed by atoms with E-state index < -0.39 is 9.58 Å². The van der Waals surface area contributed by atoms with Crippen molar-refractivity contribution in [2.45, 2.75) is 16.8 Å². The Labute approximate surface area is 126 Å². The van der Waals surface area contributed by atoms with Gasteiger partial charge in [-0.25, -0.2) is 0 Å². The Morgan fingerprint density at radius 3 is 2.32 bits per heavy atom. The van der Waals surface area contributed by atoms with Crippen molar-refractivity contribution in [1.29, 1.82) is 0 Å². The van der Waals surface area contributed by atoms with Gasteiger partial charge in [0, 0.05) is 6.20 Å². The normalized spacial score (nSPS) is 13.3. The minimum atomic E-state index is -1.94. The summed E-state index contributed by atoms with van der Waals surface area (Å²) in [7, 11) is 0. The van der Waals surface area contributed by atoms with Crippen molar-refractivity contribution in [3.8, 4) is 0 Å². The van der Waals surface area contributed by atoms with E-state index in [1.165, 1.54) is 0 Å². The number of alkyl halides is 3. The van der Waals surface area contributed by atoms with Crippen molar-refractivity contribution in [2.75, 3.05) is 0 Å². The van der Waals surface area contributed by atoms with Crippen molar-refractivity contribution in [2.24, 2.45) is 0 Å². The summed E-state index contributed by atoms with van der Waals surface area (Å²) in [6.45, 7) is 1.99. The maximum absolute atomic E-state index is 12.1. The molecule has 100 valence electrons. The number of carbonyl (C=O) groups excluding carboxylic acids is 1. The van der Waals surface area contributed by atoms with Crippen LogP contribution < -0.4 is 0 Å². The second kappa shape index (κ2) is 5.58. The monoisotopic (exact) mass is 315 g/mol. The molecule has 1 aromatic heterocycles. The minimum absolute atomic E-state index is 0.0116. The Hall–Kier alpha value is -0.960. The molecular weight excluding hydrogens is 305 g/mol. The van der Waals surface area contributed by atoms with E-state index >= 15 is 0 Å². The summed E-state index contributed by atoms with van der Waals surface area (Å²) in [5.41, 5.74) is 1.47. The van der Waals surface area contributed by atoms with E-state index in [0.29, 0.717) is 5.69 Å². The Balaban J connectivity index is 2.38. The van der Waals surface area contributed by atoms with Crippen molar-refractivity contribution in [1.82, 2.24) is 4.57 Å². The highest BCUT2D eigenvalue weighted by Gasteiger charge is 2.34. The van der Waals surface area contributed by atoms with Gasteiger partial charge in [0.1, 0.15) is 0 Å². The maximum atomic E-state index is 12.1. The van der Waals surface area contributed by atoms with Crippen LogP contribution >= 0.6 is 34.8 Å². The highest BCUT2D eigenvalue weighted by atomic mass is 35.6. The van der Waals surface area contributed by atoms with Crippen molar-refractivity contribution in [3.05, 3.63) is 59.9 Å². The van der Waals surface area contributed by atoms with Gasteiger partial charge >= 0.3 is 0 Å². The predicted molar refractivity (Wildman–Crippen MR) is 79.3 cm³/mol. The number of carbonyl (C=O) groups is 1. The van der Waals surface area contributed by atoms with Crippen LogP contribution in [0.25, 0.3) is 0 Å². The molecule has 0 bridgehead atoms. The van der Waals surface area contributed by atoms with E-state index in [4.69, 9.17) is 34.8 Å². The Morgan fingerprint density at radius 2 is 1.74 bits per heavy atom. The molecule has 2 rings (SSSR count). The molecule has 1 heterocycles. The third-order valence-electron chi connectivity index (χ3n) is 2.97. The van der Waals surface area contributed by atoms with Gasteiger partial charge in [0.15, 0.2) is 0 Å². The van der Waals surface area contributed by atoms with Crippen LogP contribution in [0.4, 0.5) is 0 Å². The summed E-state index contributed by atoms with van der Waals surface area (Å²) in [4.78, 5) is 12.1. The number of hydrogen-bond donors (Lipinski definition) is 0. The molecule has 0 aliphatic carbocycles. The minimum Gasteiger partial charge on any atom is -0.338 e. The van der Waals surface area contributed by atoms with Crippen molar-refractivity contribution >= 4 is 40.6 Å². The number of hydrogen-bond acceptors (Lipinski definition) is 1. The average molecular weight is 317 g/mol. The molecule has 0 radical (unpaired) electrons. The van der Waals surface area contributed by atoms with Gasteiger partial charge in [-0.3, -0.25) is 4.79 Å². The molecule has 1 atom stereocenters. The summed E-state index contributed by atoms with van der Waals surface area (Å²) in [5.74, 6) is -0.523. The van der Waals surface area contributed by atoms with Gasteiger partial charge < -0.3 is 4.57 Å². The summed E-state index contributed by atoms with van der Waals surface area (Å²) >= 11 is 17.0. The lowest BCUT2D eigenvalue weighted by atomic mass is 10.1. The van der Waals surface area contributed by atoms with E-state index in [0.717, 1.165) is 5.56 Å². The van der Waals surface area contributed by atoms with E-state index in [-0.39, 0.29) is 6.04 Å². The quantitative estimate of drug-likeness (QED) is 0.597. The molecule has 0 fully saturated rings. The fourth-order valence-electron chi connectivity index (χ4n) is 1.96. The van der Waals surface area contributed by atoms with Crippen LogP contribution in [0.3, 0.4) is 0 Å². The highest BCUT2D eigenvalue weighted by molar-refractivity contribution is 6.77. The Bertz CT molecular complexity index is 572. The molecule has 0 saturated heterocycles. The number of aromatic nitrogens is 1. The number of Topliss-reactive ketones (excluding diaryl/α,β-unsaturated/α-hetero) is 1. The summed E-state index contributed by atoms with van der Waals surface area (Å²) < 4.78 is -0.133. The second-order valence-electron chi connectivity index (χ2n) is 4.21. The molecule has 0 aliphatic rings. The number of nitrogens with zero attached hydrogens (tertiary/aromatic N) is 1. The zero-order valence-electron chi connectivity index (χ0n) is 10.2. The molecule has 2 nitrogen and oxygen atoms in total. The highest BCUT2D eigenvalue weighted by Crippen LogP contribution is 2.32. The smallest absolute Gasteiger partial charge is 0.255 e. The van der Waals surface area contributed by atoms with Crippen molar-refractivity contribution < 1.29 is 4.79 Å². The topological polar surface area (TPSA) is 22.0 Å². The standard InChI is InChI=1S/C14H12Cl3NO/c1-10(11-6-3-2-4-7-11)18-9-5-8-12(18)13(19)14(15,16)17/h2-10H,1H3/t10-/m1/s1.